The lowest BCUT2D eigenvalue weighted by molar-refractivity contribution is -0.0294. The number of hydrogen-bond acceptors (Lipinski definition) is 0. The fraction of sp³-hybridized carbons (Fsp3) is 0.829. The first-order valence-electron chi connectivity index (χ1n) is 16.3. The quantitative estimate of drug-likeness (QED) is 0.294. The van der Waals surface area contributed by atoms with Crippen LogP contribution in [0.3, 0.4) is 0 Å². The van der Waals surface area contributed by atoms with Gasteiger partial charge in [0.25, 0.3) is 0 Å². The van der Waals surface area contributed by atoms with Crippen LogP contribution in [0.2, 0.25) is 0 Å². The average molecular weight is 477 g/mol. The molecule has 0 spiro atoms. The third-order valence-electron chi connectivity index (χ3n) is 12.0. The van der Waals surface area contributed by atoms with Gasteiger partial charge in [-0.25, -0.2) is 0 Å². The molecule has 1 aromatic rings. The van der Waals surface area contributed by atoms with Gasteiger partial charge in [-0.05, 0) is 123 Å². The van der Waals surface area contributed by atoms with Crippen molar-refractivity contribution in [2.45, 2.75) is 160 Å². The monoisotopic (exact) mass is 476 g/mol. The molecule has 0 N–H and O–H groups in total. The van der Waals surface area contributed by atoms with E-state index in [0.717, 1.165) is 29.1 Å². The maximum absolute atomic E-state index is 2.58. The average Bonchev–Trinajstić information content (AvgIpc) is 2.94. The SMILES string of the molecule is CCCCCC1CCC(C23CCC(c4ccc(C5CCC(CCCC)CC5)cc4)(CC2)CC3)CC1. The summed E-state index contributed by atoms with van der Waals surface area (Å²) in [5.41, 5.74) is 4.60. The van der Waals surface area contributed by atoms with Crippen LogP contribution in [-0.4, -0.2) is 0 Å². The van der Waals surface area contributed by atoms with Crippen molar-refractivity contribution in [3.63, 3.8) is 0 Å². The van der Waals surface area contributed by atoms with Crippen LogP contribution in [0.5, 0.6) is 0 Å². The molecule has 0 saturated heterocycles. The molecule has 0 amide bonds. The number of hydrogen-bond donors (Lipinski definition) is 0. The molecule has 0 heteroatoms. The summed E-state index contributed by atoms with van der Waals surface area (Å²) in [5.74, 6) is 3.97. The summed E-state index contributed by atoms with van der Waals surface area (Å²) in [6, 6.07) is 10.3. The summed E-state index contributed by atoms with van der Waals surface area (Å²) < 4.78 is 0. The summed E-state index contributed by atoms with van der Waals surface area (Å²) >= 11 is 0. The highest BCUT2D eigenvalue weighted by molar-refractivity contribution is 5.33. The standard InChI is InChI=1S/C35H56/c1-3-5-7-9-29-12-18-32(19-13-29)34-22-25-35(26-23-34,27-24-34)33-20-16-31(17-21-33)30-14-10-28(11-15-30)8-6-4-2/h16-17,20-21,28-30,32H,3-15,18-19,22-27H2,1-2H3. The largest absolute Gasteiger partial charge is 0.0654 e. The zero-order valence-electron chi connectivity index (χ0n) is 23.5. The third-order valence-corrected chi connectivity index (χ3v) is 12.0. The molecule has 5 saturated carbocycles. The molecular formula is C35H56. The number of unbranched alkanes of at least 4 members (excludes halogenated alkanes) is 3. The van der Waals surface area contributed by atoms with Gasteiger partial charge in [0.05, 0.1) is 0 Å². The van der Waals surface area contributed by atoms with Crippen LogP contribution < -0.4 is 0 Å². The first-order chi connectivity index (χ1) is 17.2. The molecular weight excluding hydrogens is 420 g/mol. The molecule has 196 valence electrons. The number of benzene rings is 1. The van der Waals surface area contributed by atoms with Crippen molar-refractivity contribution in [1.82, 2.24) is 0 Å². The Balaban J connectivity index is 1.12. The van der Waals surface area contributed by atoms with Crippen molar-refractivity contribution in [3.05, 3.63) is 35.4 Å². The summed E-state index contributed by atoms with van der Waals surface area (Å²) in [6.07, 6.45) is 31.1. The van der Waals surface area contributed by atoms with Crippen LogP contribution >= 0.6 is 0 Å². The Labute approximate surface area is 218 Å². The Hall–Kier alpha value is -0.780. The lowest BCUT2D eigenvalue weighted by atomic mass is 9.47. The highest BCUT2D eigenvalue weighted by atomic mass is 14.6. The molecule has 35 heavy (non-hydrogen) atoms. The van der Waals surface area contributed by atoms with E-state index in [1.54, 1.807) is 36.8 Å². The van der Waals surface area contributed by atoms with Crippen molar-refractivity contribution in [2.24, 2.45) is 23.2 Å². The van der Waals surface area contributed by atoms with Gasteiger partial charge in [-0.1, -0.05) is 95.9 Å². The summed E-state index contributed by atoms with van der Waals surface area (Å²) in [5, 5.41) is 0. The van der Waals surface area contributed by atoms with Crippen LogP contribution in [0.4, 0.5) is 0 Å². The van der Waals surface area contributed by atoms with E-state index in [2.05, 4.69) is 38.1 Å². The van der Waals surface area contributed by atoms with Crippen LogP contribution in [0, 0.1) is 23.2 Å². The molecule has 0 heterocycles. The minimum Gasteiger partial charge on any atom is -0.0654 e. The maximum Gasteiger partial charge on any atom is -0.00463 e. The molecule has 0 radical (unpaired) electrons. The molecule has 0 unspecified atom stereocenters. The van der Waals surface area contributed by atoms with Crippen molar-refractivity contribution in [3.8, 4) is 0 Å². The molecule has 5 aliphatic carbocycles. The van der Waals surface area contributed by atoms with Gasteiger partial charge in [0, 0.05) is 0 Å². The first kappa shape index (κ1) is 25.9. The molecule has 1 aromatic carbocycles. The Bertz CT molecular complexity index is 731. The molecule has 5 aliphatic rings. The van der Waals surface area contributed by atoms with Crippen LogP contribution in [0.15, 0.2) is 24.3 Å². The van der Waals surface area contributed by atoms with E-state index >= 15 is 0 Å². The van der Waals surface area contributed by atoms with Gasteiger partial charge in [-0.15, -0.1) is 0 Å². The topological polar surface area (TPSA) is 0 Å². The van der Waals surface area contributed by atoms with Gasteiger partial charge >= 0.3 is 0 Å². The van der Waals surface area contributed by atoms with Crippen molar-refractivity contribution in [2.75, 3.05) is 0 Å². The fourth-order valence-electron chi connectivity index (χ4n) is 9.39. The van der Waals surface area contributed by atoms with E-state index in [1.807, 2.05) is 0 Å². The molecule has 0 aromatic heterocycles. The van der Waals surface area contributed by atoms with E-state index in [0.29, 0.717) is 5.41 Å². The summed E-state index contributed by atoms with van der Waals surface area (Å²) in [7, 11) is 0. The second-order valence-electron chi connectivity index (χ2n) is 13.8. The van der Waals surface area contributed by atoms with E-state index in [-0.39, 0.29) is 0 Å². The highest BCUT2D eigenvalue weighted by Gasteiger charge is 2.52. The third kappa shape index (κ3) is 5.72. The van der Waals surface area contributed by atoms with Gasteiger partial charge in [0.1, 0.15) is 0 Å². The van der Waals surface area contributed by atoms with E-state index in [1.165, 1.54) is 109 Å². The van der Waals surface area contributed by atoms with Crippen molar-refractivity contribution >= 4 is 0 Å². The van der Waals surface area contributed by atoms with E-state index in [9.17, 15) is 0 Å². The van der Waals surface area contributed by atoms with Crippen molar-refractivity contribution < 1.29 is 0 Å². The highest BCUT2D eigenvalue weighted by Crippen LogP contribution is 2.62. The smallest absolute Gasteiger partial charge is 0.00463 e. The second-order valence-corrected chi connectivity index (χ2v) is 13.8. The molecule has 0 atom stereocenters. The van der Waals surface area contributed by atoms with Gasteiger partial charge in [0.15, 0.2) is 0 Å². The number of fused-ring (bicyclic) bond motifs is 3. The maximum atomic E-state index is 2.58. The predicted octanol–water partition coefficient (Wildman–Crippen LogP) is 11.1. The van der Waals surface area contributed by atoms with Crippen molar-refractivity contribution in [1.29, 1.82) is 0 Å². The van der Waals surface area contributed by atoms with E-state index in [4.69, 9.17) is 0 Å². The first-order valence-corrected chi connectivity index (χ1v) is 16.3. The lowest BCUT2D eigenvalue weighted by Crippen LogP contribution is -2.48. The Morgan fingerprint density at radius 1 is 0.600 bits per heavy atom. The van der Waals surface area contributed by atoms with Gasteiger partial charge < -0.3 is 0 Å². The zero-order valence-corrected chi connectivity index (χ0v) is 23.5. The van der Waals surface area contributed by atoms with E-state index < -0.39 is 0 Å². The predicted molar refractivity (Wildman–Crippen MR) is 152 cm³/mol. The van der Waals surface area contributed by atoms with Crippen LogP contribution in [-0.2, 0) is 5.41 Å². The summed E-state index contributed by atoms with van der Waals surface area (Å²) in [6.45, 7) is 4.68. The Kier molecular flexibility index (Phi) is 8.66. The van der Waals surface area contributed by atoms with Gasteiger partial charge in [0.2, 0.25) is 0 Å². The number of rotatable bonds is 10. The minimum absolute atomic E-state index is 0.523. The minimum atomic E-state index is 0.523. The molecule has 6 rings (SSSR count). The van der Waals surface area contributed by atoms with Gasteiger partial charge in [-0.2, -0.15) is 0 Å². The molecule has 0 aliphatic heterocycles. The fourth-order valence-corrected chi connectivity index (χ4v) is 9.39. The Morgan fingerprint density at radius 3 is 1.71 bits per heavy atom. The zero-order chi connectivity index (χ0) is 24.1. The molecule has 0 nitrogen and oxygen atoms in total. The molecule has 2 bridgehead atoms. The molecule has 5 fully saturated rings. The van der Waals surface area contributed by atoms with Crippen LogP contribution in [0.25, 0.3) is 0 Å². The normalized spacial score (nSPS) is 37.4. The lowest BCUT2D eigenvalue weighted by Gasteiger charge is -2.58. The second kappa shape index (κ2) is 11.7. The summed E-state index contributed by atoms with van der Waals surface area (Å²) in [4.78, 5) is 0. The van der Waals surface area contributed by atoms with Gasteiger partial charge in [-0.3, -0.25) is 0 Å². The Morgan fingerprint density at radius 2 is 1.14 bits per heavy atom. The van der Waals surface area contributed by atoms with Crippen LogP contribution in [0.1, 0.15) is 166 Å².